The van der Waals surface area contributed by atoms with Crippen LogP contribution >= 0.6 is 0 Å². The molecule has 11 nitrogen and oxygen atoms in total. The van der Waals surface area contributed by atoms with Gasteiger partial charge in [0.05, 0.1) is 18.6 Å². The number of methoxy groups -OCH3 is 1. The monoisotopic (exact) mass is 534 g/mol. The minimum Gasteiger partial charge on any atom is -0.497 e. The lowest BCUT2D eigenvalue weighted by atomic mass is 9.96. The van der Waals surface area contributed by atoms with Crippen LogP contribution in [0.3, 0.4) is 0 Å². The Morgan fingerprint density at radius 3 is 2.32 bits per heavy atom. The third kappa shape index (κ3) is 6.31. The van der Waals surface area contributed by atoms with Gasteiger partial charge in [0, 0.05) is 39.8 Å². The molecular formula is C25H38N6O5S. The van der Waals surface area contributed by atoms with Gasteiger partial charge in [0.2, 0.25) is 15.9 Å². The van der Waals surface area contributed by atoms with E-state index in [2.05, 4.69) is 27.0 Å². The Labute approximate surface area is 219 Å². The number of nitrogens with zero attached hydrogens (tertiary/aromatic N) is 6. The van der Waals surface area contributed by atoms with Crippen molar-refractivity contribution in [3.63, 3.8) is 0 Å². The maximum absolute atomic E-state index is 13.3. The van der Waals surface area contributed by atoms with E-state index in [-0.39, 0.29) is 29.1 Å². The molecule has 2 aliphatic heterocycles. The summed E-state index contributed by atoms with van der Waals surface area (Å²) in [7, 11) is 1.33. The predicted molar refractivity (Wildman–Crippen MR) is 138 cm³/mol. The normalized spacial score (nSPS) is 18.5. The molecule has 1 aromatic carbocycles. The fourth-order valence-electron chi connectivity index (χ4n) is 5.16. The summed E-state index contributed by atoms with van der Waals surface area (Å²) in [6, 6.07) is 3.37. The highest BCUT2D eigenvalue weighted by Crippen LogP contribution is 2.28. The fraction of sp³-hybridized carbons (Fsp3) is 0.640. The molecule has 3 heterocycles. The summed E-state index contributed by atoms with van der Waals surface area (Å²) in [5.41, 5.74) is 1.17. The smallest absolute Gasteiger partial charge is 0.295 e. The van der Waals surface area contributed by atoms with Crippen molar-refractivity contribution in [3.8, 4) is 5.75 Å². The summed E-state index contributed by atoms with van der Waals surface area (Å²) in [6.07, 6.45) is 2.45. The van der Waals surface area contributed by atoms with Crippen LogP contribution in [0, 0.1) is 19.8 Å². The van der Waals surface area contributed by atoms with Crippen molar-refractivity contribution in [1.29, 1.82) is 0 Å². The first-order chi connectivity index (χ1) is 17.6. The molecule has 0 saturated carbocycles. The van der Waals surface area contributed by atoms with Gasteiger partial charge in [-0.1, -0.05) is 5.16 Å². The molecule has 0 bridgehead atoms. The largest absolute Gasteiger partial charge is 0.497 e. The fourth-order valence-corrected chi connectivity index (χ4v) is 6.68. The van der Waals surface area contributed by atoms with E-state index in [1.165, 1.54) is 19.9 Å². The third-order valence-corrected chi connectivity index (χ3v) is 9.48. The maximum Gasteiger partial charge on any atom is 0.295 e. The number of hydrogen-bond donors (Lipinski definition) is 0. The Bertz CT molecular complexity index is 1180. The van der Waals surface area contributed by atoms with E-state index in [4.69, 9.17) is 9.26 Å². The highest BCUT2D eigenvalue weighted by molar-refractivity contribution is 7.89. The zero-order chi connectivity index (χ0) is 26.7. The van der Waals surface area contributed by atoms with E-state index in [0.29, 0.717) is 30.0 Å². The van der Waals surface area contributed by atoms with Gasteiger partial charge in [0.15, 0.2) is 0 Å². The van der Waals surface area contributed by atoms with Gasteiger partial charge in [-0.05, 0) is 76.0 Å². The molecule has 0 N–H and O–H groups in total. The number of piperazine rings is 1. The molecule has 1 aromatic heterocycles. The maximum atomic E-state index is 13.3. The van der Waals surface area contributed by atoms with Crippen LogP contribution in [0.4, 0.5) is 0 Å². The number of sulfonamides is 1. The first-order valence-corrected chi connectivity index (χ1v) is 14.2. The lowest BCUT2D eigenvalue weighted by Crippen LogP contribution is -2.50. The molecule has 0 aliphatic carbocycles. The van der Waals surface area contributed by atoms with Crippen LogP contribution < -0.4 is 4.74 Å². The molecule has 4 rings (SSSR count). The quantitative estimate of drug-likeness (QED) is 0.499. The second-order valence-corrected chi connectivity index (χ2v) is 12.2. The van der Waals surface area contributed by atoms with Crippen molar-refractivity contribution in [2.75, 3.05) is 67.0 Å². The van der Waals surface area contributed by atoms with Crippen LogP contribution in [0.2, 0.25) is 0 Å². The number of aryl methyl sites for hydroxylation is 2. The number of rotatable bonds is 8. The number of amides is 1. The molecule has 2 saturated heterocycles. The van der Waals surface area contributed by atoms with Crippen molar-refractivity contribution in [2.24, 2.45) is 5.92 Å². The van der Waals surface area contributed by atoms with Crippen molar-refractivity contribution in [2.45, 2.75) is 38.1 Å². The minimum atomic E-state index is -3.83. The first-order valence-electron chi connectivity index (χ1n) is 12.7. The average molecular weight is 535 g/mol. The van der Waals surface area contributed by atoms with E-state index in [9.17, 15) is 13.2 Å². The van der Waals surface area contributed by atoms with Crippen LogP contribution in [0.1, 0.15) is 40.5 Å². The summed E-state index contributed by atoms with van der Waals surface area (Å²) in [6.45, 7) is 9.57. The molecule has 0 atom stereocenters. The third-order valence-electron chi connectivity index (χ3n) is 7.37. The van der Waals surface area contributed by atoms with Gasteiger partial charge >= 0.3 is 0 Å². The standard InChI is InChI=1S/C25H38N6O5S/c1-18-14-21(35-5)15-19(2)23(18)37(33,34)29(4)17-22-26-24(27-36-22)25(32)31-12-10-30(11-13-31)16-20-6-8-28(3)9-7-20/h14-15,20H,6-13,16-17H2,1-5H3. The Balaban J connectivity index is 1.33. The second-order valence-electron chi connectivity index (χ2n) is 10.2. The van der Waals surface area contributed by atoms with Crippen molar-refractivity contribution >= 4 is 15.9 Å². The lowest BCUT2D eigenvalue weighted by molar-refractivity contribution is 0.0580. The molecule has 0 spiro atoms. The molecule has 12 heteroatoms. The van der Waals surface area contributed by atoms with Gasteiger partial charge in [0.25, 0.3) is 11.7 Å². The van der Waals surface area contributed by atoms with Crippen LogP contribution in [-0.4, -0.2) is 110 Å². The highest BCUT2D eigenvalue weighted by atomic mass is 32.2. The van der Waals surface area contributed by atoms with Gasteiger partial charge in [0.1, 0.15) is 5.75 Å². The average Bonchev–Trinajstić information content (AvgIpc) is 3.33. The van der Waals surface area contributed by atoms with E-state index in [1.807, 2.05) is 0 Å². The molecule has 37 heavy (non-hydrogen) atoms. The van der Waals surface area contributed by atoms with E-state index in [0.717, 1.165) is 42.9 Å². The Hall–Kier alpha value is -2.54. The molecular weight excluding hydrogens is 496 g/mol. The van der Waals surface area contributed by atoms with Crippen LogP contribution in [0.5, 0.6) is 5.75 Å². The van der Waals surface area contributed by atoms with Crippen LogP contribution in [0.15, 0.2) is 21.6 Å². The van der Waals surface area contributed by atoms with Crippen LogP contribution in [-0.2, 0) is 16.6 Å². The topological polar surface area (TPSA) is 112 Å². The lowest BCUT2D eigenvalue weighted by Gasteiger charge is -2.38. The van der Waals surface area contributed by atoms with E-state index >= 15 is 0 Å². The summed E-state index contributed by atoms with van der Waals surface area (Å²) < 4.78 is 38.2. The van der Waals surface area contributed by atoms with Gasteiger partial charge in [-0.15, -0.1) is 0 Å². The minimum absolute atomic E-state index is 0.0404. The molecule has 2 aromatic rings. The Kier molecular flexibility index (Phi) is 8.52. The number of likely N-dealkylation sites (tertiary alicyclic amines) is 1. The molecule has 2 fully saturated rings. The number of hydrogen-bond acceptors (Lipinski definition) is 9. The number of carbonyl (C=O) groups is 1. The molecule has 2 aliphatic rings. The highest BCUT2D eigenvalue weighted by Gasteiger charge is 2.30. The number of ether oxygens (including phenoxy) is 1. The predicted octanol–water partition coefficient (Wildman–Crippen LogP) is 1.62. The Morgan fingerprint density at radius 1 is 1.11 bits per heavy atom. The summed E-state index contributed by atoms with van der Waals surface area (Å²) in [5, 5.41) is 3.84. The van der Waals surface area contributed by atoms with E-state index < -0.39 is 10.0 Å². The molecule has 1 amide bonds. The van der Waals surface area contributed by atoms with Gasteiger partial charge < -0.3 is 19.1 Å². The first kappa shape index (κ1) is 27.5. The zero-order valence-electron chi connectivity index (χ0n) is 22.4. The van der Waals surface area contributed by atoms with Crippen molar-refractivity contribution in [1.82, 2.24) is 29.1 Å². The molecule has 204 valence electrons. The summed E-state index contributed by atoms with van der Waals surface area (Å²) in [5.74, 6) is 1.05. The second kappa shape index (κ2) is 11.5. The summed E-state index contributed by atoms with van der Waals surface area (Å²) >= 11 is 0. The number of carbonyl (C=O) groups excluding carboxylic acids is 1. The summed E-state index contributed by atoms with van der Waals surface area (Å²) in [4.78, 5) is 23.9. The van der Waals surface area contributed by atoms with Crippen molar-refractivity contribution < 1.29 is 22.5 Å². The van der Waals surface area contributed by atoms with Gasteiger partial charge in [-0.25, -0.2) is 8.42 Å². The molecule has 0 radical (unpaired) electrons. The van der Waals surface area contributed by atoms with Gasteiger partial charge in [-0.2, -0.15) is 9.29 Å². The Morgan fingerprint density at radius 2 is 1.73 bits per heavy atom. The van der Waals surface area contributed by atoms with Crippen molar-refractivity contribution in [3.05, 3.63) is 35.0 Å². The SMILES string of the molecule is COc1cc(C)c(S(=O)(=O)N(C)Cc2nc(C(=O)N3CCN(CC4CCN(C)CC4)CC3)no2)c(C)c1. The van der Waals surface area contributed by atoms with E-state index in [1.54, 1.807) is 38.0 Å². The zero-order valence-corrected chi connectivity index (χ0v) is 23.3. The van der Waals surface area contributed by atoms with Crippen LogP contribution in [0.25, 0.3) is 0 Å². The number of benzene rings is 1. The van der Waals surface area contributed by atoms with Gasteiger partial charge in [-0.3, -0.25) is 9.69 Å². The number of aromatic nitrogens is 2. The molecule has 0 unspecified atom stereocenters. The number of piperidine rings is 1.